The van der Waals surface area contributed by atoms with Crippen molar-refractivity contribution in [2.45, 2.75) is 33.4 Å². The highest BCUT2D eigenvalue weighted by Crippen LogP contribution is 2.46. The quantitative estimate of drug-likeness (QED) is 0.753. The van der Waals surface area contributed by atoms with Crippen LogP contribution in [-0.4, -0.2) is 58.3 Å². The molecule has 0 bridgehead atoms. The summed E-state index contributed by atoms with van der Waals surface area (Å²) in [7, 11) is 1.99. The van der Waals surface area contributed by atoms with Gasteiger partial charge in [0.1, 0.15) is 6.61 Å². The molecule has 156 valence electrons. The fourth-order valence-corrected chi connectivity index (χ4v) is 5.05. The largest absolute Gasteiger partial charge is 0.372 e. The van der Waals surface area contributed by atoms with Crippen molar-refractivity contribution in [3.05, 3.63) is 52.8 Å². The van der Waals surface area contributed by atoms with E-state index in [-0.39, 0.29) is 18.6 Å². The van der Waals surface area contributed by atoms with Crippen LogP contribution in [0.2, 0.25) is 0 Å². The Morgan fingerprint density at radius 2 is 2.00 bits per heavy atom. The SMILES string of the molecule is CCOCC(=O)N1C[C@@H]2CN(Cc3cnn(C)c3C)C[C@@H]2[C@@H]1c1ccccc1C. The lowest BCUT2D eigenvalue weighted by Crippen LogP contribution is -2.38. The Bertz CT molecular complexity index is 878. The average Bonchev–Trinajstić information content (AvgIpc) is 3.35. The van der Waals surface area contributed by atoms with Crippen LogP contribution in [0.5, 0.6) is 0 Å². The van der Waals surface area contributed by atoms with Gasteiger partial charge >= 0.3 is 0 Å². The minimum absolute atomic E-state index is 0.115. The number of likely N-dealkylation sites (tertiary alicyclic amines) is 2. The lowest BCUT2D eigenvalue weighted by Gasteiger charge is -2.31. The zero-order valence-electron chi connectivity index (χ0n) is 18.0. The highest BCUT2D eigenvalue weighted by molar-refractivity contribution is 5.78. The summed E-state index contributed by atoms with van der Waals surface area (Å²) in [5.74, 6) is 1.07. The van der Waals surface area contributed by atoms with Crippen molar-refractivity contribution in [3.63, 3.8) is 0 Å². The maximum atomic E-state index is 12.9. The topological polar surface area (TPSA) is 50.6 Å². The predicted molar refractivity (Wildman–Crippen MR) is 112 cm³/mol. The van der Waals surface area contributed by atoms with Gasteiger partial charge in [-0.25, -0.2) is 0 Å². The first-order valence-corrected chi connectivity index (χ1v) is 10.6. The molecule has 0 aliphatic carbocycles. The predicted octanol–water partition coefficient (Wildman–Crippen LogP) is 2.70. The van der Waals surface area contributed by atoms with E-state index in [0.717, 1.165) is 26.2 Å². The van der Waals surface area contributed by atoms with Crippen LogP contribution >= 0.6 is 0 Å². The number of rotatable bonds is 6. The van der Waals surface area contributed by atoms with Gasteiger partial charge in [-0.1, -0.05) is 24.3 Å². The molecular weight excluding hydrogens is 364 g/mol. The molecule has 0 radical (unpaired) electrons. The second kappa shape index (κ2) is 8.28. The van der Waals surface area contributed by atoms with E-state index in [1.807, 2.05) is 24.9 Å². The van der Waals surface area contributed by atoms with Crippen molar-refractivity contribution in [1.82, 2.24) is 19.6 Å². The molecule has 1 aromatic heterocycles. The highest BCUT2D eigenvalue weighted by Gasteiger charge is 2.49. The van der Waals surface area contributed by atoms with Crippen molar-refractivity contribution in [2.75, 3.05) is 32.8 Å². The first-order valence-electron chi connectivity index (χ1n) is 10.6. The lowest BCUT2D eigenvalue weighted by atomic mass is 9.87. The molecule has 1 aromatic carbocycles. The fraction of sp³-hybridized carbons (Fsp3) is 0.565. The summed E-state index contributed by atoms with van der Waals surface area (Å²) in [6.45, 7) is 10.7. The Hall–Kier alpha value is -2.18. The minimum Gasteiger partial charge on any atom is -0.372 e. The van der Waals surface area contributed by atoms with E-state index in [2.05, 4.69) is 53.0 Å². The zero-order chi connectivity index (χ0) is 20.5. The van der Waals surface area contributed by atoms with Crippen LogP contribution in [0.25, 0.3) is 0 Å². The maximum Gasteiger partial charge on any atom is 0.249 e. The van der Waals surface area contributed by atoms with Crippen molar-refractivity contribution in [2.24, 2.45) is 18.9 Å². The van der Waals surface area contributed by atoms with Crippen molar-refractivity contribution in [3.8, 4) is 0 Å². The molecule has 4 rings (SSSR count). The van der Waals surface area contributed by atoms with Gasteiger partial charge in [0.25, 0.3) is 0 Å². The molecule has 2 aromatic rings. The molecule has 0 N–H and O–H groups in total. The van der Waals surface area contributed by atoms with Crippen molar-refractivity contribution < 1.29 is 9.53 Å². The molecule has 2 saturated heterocycles. The third-order valence-corrected chi connectivity index (χ3v) is 6.73. The summed E-state index contributed by atoms with van der Waals surface area (Å²) < 4.78 is 7.39. The molecule has 1 amide bonds. The van der Waals surface area contributed by atoms with Crippen LogP contribution in [0.15, 0.2) is 30.5 Å². The normalized spacial score (nSPS) is 24.3. The van der Waals surface area contributed by atoms with E-state index in [9.17, 15) is 4.79 Å². The molecule has 6 nitrogen and oxygen atoms in total. The van der Waals surface area contributed by atoms with Gasteiger partial charge in [0, 0.05) is 57.0 Å². The van der Waals surface area contributed by atoms with Gasteiger partial charge in [0.05, 0.1) is 12.2 Å². The van der Waals surface area contributed by atoms with E-state index >= 15 is 0 Å². The third-order valence-electron chi connectivity index (χ3n) is 6.73. The standard InChI is InChI=1S/C23H32N4O2/c1-5-29-15-22(28)27-13-19-12-26(11-18-10-24-25(4)17(18)3)14-21(19)23(27)20-9-7-6-8-16(20)2/h6-10,19,21,23H,5,11-15H2,1-4H3/t19-,21-,23-/m0/s1. The van der Waals surface area contributed by atoms with E-state index in [1.54, 1.807) is 0 Å². The van der Waals surface area contributed by atoms with Crippen LogP contribution in [0.1, 0.15) is 35.3 Å². The average molecular weight is 397 g/mol. The van der Waals surface area contributed by atoms with Gasteiger partial charge in [0.2, 0.25) is 5.91 Å². The minimum atomic E-state index is 0.115. The molecular formula is C23H32N4O2. The van der Waals surface area contributed by atoms with E-state index in [1.165, 1.54) is 22.4 Å². The number of ether oxygens (including phenoxy) is 1. The van der Waals surface area contributed by atoms with Gasteiger partial charge in [-0.05, 0) is 37.8 Å². The number of benzene rings is 1. The van der Waals surface area contributed by atoms with Crippen molar-refractivity contribution in [1.29, 1.82) is 0 Å². The number of carbonyl (C=O) groups is 1. The third kappa shape index (κ3) is 3.83. The zero-order valence-corrected chi connectivity index (χ0v) is 18.0. The summed E-state index contributed by atoms with van der Waals surface area (Å²) in [5, 5.41) is 4.39. The molecule has 0 saturated carbocycles. The van der Waals surface area contributed by atoms with Crippen LogP contribution in [-0.2, 0) is 23.1 Å². The molecule has 0 spiro atoms. The Balaban J connectivity index is 1.56. The molecule has 6 heteroatoms. The first kappa shape index (κ1) is 20.1. The summed E-state index contributed by atoms with van der Waals surface area (Å²) >= 11 is 0. The highest BCUT2D eigenvalue weighted by atomic mass is 16.5. The van der Waals surface area contributed by atoms with Gasteiger partial charge < -0.3 is 9.64 Å². The van der Waals surface area contributed by atoms with E-state index in [0.29, 0.717) is 18.4 Å². The van der Waals surface area contributed by atoms with Gasteiger partial charge in [-0.15, -0.1) is 0 Å². The van der Waals surface area contributed by atoms with E-state index in [4.69, 9.17) is 4.74 Å². The second-order valence-electron chi connectivity index (χ2n) is 8.48. The number of hydrogen-bond acceptors (Lipinski definition) is 4. The molecule has 3 atom stereocenters. The fourth-order valence-electron chi connectivity index (χ4n) is 5.05. The molecule has 2 fully saturated rings. The Morgan fingerprint density at radius 1 is 1.21 bits per heavy atom. The second-order valence-corrected chi connectivity index (χ2v) is 8.48. The van der Waals surface area contributed by atoms with Gasteiger partial charge in [-0.3, -0.25) is 14.4 Å². The summed E-state index contributed by atoms with van der Waals surface area (Å²) in [5.41, 5.74) is 5.06. The number of nitrogens with zero attached hydrogens (tertiary/aromatic N) is 4. The van der Waals surface area contributed by atoms with Crippen LogP contribution in [0.4, 0.5) is 0 Å². The van der Waals surface area contributed by atoms with Crippen molar-refractivity contribution >= 4 is 5.91 Å². The number of amides is 1. The number of carbonyl (C=O) groups excluding carboxylic acids is 1. The number of aryl methyl sites for hydroxylation is 2. The smallest absolute Gasteiger partial charge is 0.249 e. The Morgan fingerprint density at radius 3 is 2.69 bits per heavy atom. The van der Waals surface area contributed by atoms with Gasteiger partial charge in [0.15, 0.2) is 0 Å². The summed E-state index contributed by atoms with van der Waals surface area (Å²) in [4.78, 5) is 17.5. The first-order chi connectivity index (χ1) is 14.0. The molecule has 2 aliphatic heterocycles. The maximum absolute atomic E-state index is 12.9. The number of hydrogen-bond donors (Lipinski definition) is 0. The summed E-state index contributed by atoms with van der Waals surface area (Å²) in [6, 6.07) is 8.64. The monoisotopic (exact) mass is 396 g/mol. The van der Waals surface area contributed by atoms with Crippen LogP contribution in [0, 0.1) is 25.7 Å². The van der Waals surface area contributed by atoms with Crippen LogP contribution in [0.3, 0.4) is 0 Å². The molecule has 29 heavy (non-hydrogen) atoms. The lowest BCUT2D eigenvalue weighted by molar-refractivity contribution is -0.137. The molecule has 0 unspecified atom stereocenters. The van der Waals surface area contributed by atoms with Crippen LogP contribution < -0.4 is 0 Å². The molecule has 3 heterocycles. The molecule has 2 aliphatic rings. The van der Waals surface area contributed by atoms with E-state index < -0.39 is 0 Å². The Kier molecular flexibility index (Phi) is 5.74. The van der Waals surface area contributed by atoms with Gasteiger partial charge in [-0.2, -0.15) is 5.10 Å². The summed E-state index contributed by atoms with van der Waals surface area (Å²) in [6.07, 6.45) is 1.99. The number of aromatic nitrogens is 2. The Labute approximate surface area is 173 Å². The number of fused-ring (bicyclic) bond motifs is 1.